The molecule has 1 heterocycles. The van der Waals surface area contributed by atoms with E-state index in [1.807, 2.05) is 31.1 Å². The van der Waals surface area contributed by atoms with Crippen molar-refractivity contribution in [2.45, 2.75) is 57.4 Å². The molecule has 1 saturated heterocycles. The summed E-state index contributed by atoms with van der Waals surface area (Å²) < 4.78 is 13.9. The fourth-order valence-corrected chi connectivity index (χ4v) is 3.85. The van der Waals surface area contributed by atoms with E-state index in [1.54, 1.807) is 13.1 Å². The van der Waals surface area contributed by atoms with E-state index in [4.69, 9.17) is 0 Å². The molecule has 0 radical (unpaired) electrons. The fourth-order valence-electron chi connectivity index (χ4n) is 3.85. The Hall–Kier alpha value is -1.66. The average molecular weight is 362 g/mol. The Morgan fingerprint density at radius 3 is 2.77 bits per heavy atom. The van der Waals surface area contributed by atoms with E-state index in [0.717, 1.165) is 36.1 Å². The molecule has 144 valence electrons. The molecular formula is C20H32FN5. The van der Waals surface area contributed by atoms with E-state index in [-0.39, 0.29) is 5.82 Å². The zero-order chi connectivity index (χ0) is 18.7. The SMILES string of the molecule is CN=C(NCc1ccc(F)c(CN(C)C)c1)NC1CC(C)N(C2CC2)C1. The first-order valence-electron chi connectivity index (χ1n) is 9.61. The number of rotatable bonds is 6. The van der Waals surface area contributed by atoms with Crippen molar-refractivity contribution >= 4 is 5.96 Å². The summed E-state index contributed by atoms with van der Waals surface area (Å²) in [5, 5.41) is 6.92. The smallest absolute Gasteiger partial charge is 0.191 e. The van der Waals surface area contributed by atoms with Crippen molar-refractivity contribution in [2.75, 3.05) is 27.7 Å². The summed E-state index contributed by atoms with van der Waals surface area (Å²) in [6, 6.07) is 7.21. The third kappa shape index (κ3) is 4.95. The van der Waals surface area contributed by atoms with Crippen molar-refractivity contribution in [3.63, 3.8) is 0 Å². The minimum atomic E-state index is -0.148. The molecule has 1 aromatic carbocycles. The number of likely N-dealkylation sites (tertiary alicyclic amines) is 1. The van der Waals surface area contributed by atoms with E-state index in [1.165, 1.54) is 12.8 Å². The molecule has 1 aliphatic heterocycles. The molecular weight excluding hydrogens is 329 g/mol. The quantitative estimate of drug-likeness (QED) is 0.602. The van der Waals surface area contributed by atoms with Crippen molar-refractivity contribution < 1.29 is 4.39 Å². The maximum absolute atomic E-state index is 13.9. The largest absolute Gasteiger partial charge is 0.352 e. The van der Waals surface area contributed by atoms with Gasteiger partial charge in [0.05, 0.1) is 0 Å². The van der Waals surface area contributed by atoms with Gasteiger partial charge in [0.1, 0.15) is 5.82 Å². The molecule has 6 heteroatoms. The monoisotopic (exact) mass is 361 g/mol. The molecule has 1 aliphatic carbocycles. The Morgan fingerprint density at radius 2 is 2.12 bits per heavy atom. The predicted octanol–water partition coefficient (Wildman–Crippen LogP) is 2.18. The standard InChI is InChI=1S/C20H32FN5/c1-14-9-17(13-26(14)18-6-7-18)24-20(22-2)23-11-15-5-8-19(21)16(10-15)12-25(3)4/h5,8,10,14,17-18H,6-7,9,11-13H2,1-4H3,(H2,22,23,24). The molecule has 26 heavy (non-hydrogen) atoms. The van der Waals surface area contributed by atoms with Crippen LogP contribution in [0.25, 0.3) is 0 Å². The predicted molar refractivity (Wildman–Crippen MR) is 105 cm³/mol. The topological polar surface area (TPSA) is 42.9 Å². The number of nitrogens with one attached hydrogen (secondary N) is 2. The number of halogens is 1. The Kier molecular flexibility index (Phi) is 6.14. The van der Waals surface area contributed by atoms with Crippen molar-refractivity contribution in [3.8, 4) is 0 Å². The van der Waals surface area contributed by atoms with Crippen LogP contribution in [-0.4, -0.2) is 61.6 Å². The van der Waals surface area contributed by atoms with Gasteiger partial charge in [0.15, 0.2) is 5.96 Å². The maximum atomic E-state index is 13.9. The number of aliphatic imine (C=N–C) groups is 1. The van der Waals surface area contributed by atoms with Crippen LogP contribution in [-0.2, 0) is 13.1 Å². The Morgan fingerprint density at radius 1 is 1.35 bits per heavy atom. The molecule has 0 amide bonds. The first-order valence-corrected chi connectivity index (χ1v) is 9.61. The normalized spacial score (nSPS) is 24.3. The third-order valence-corrected chi connectivity index (χ3v) is 5.26. The minimum Gasteiger partial charge on any atom is -0.352 e. The molecule has 2 aliphatic rings. The van der Waals surface area contributed by atoms with Gasteiger partial charge in [-0.3, -0.25) is 9.89 Å². The van der Waals surface area contributed by atoms with Crippen LogP contribution in [0.5, 0.6) is 0 Å². The highest BCUT2D eigenvalue weighted by Crippen LogP contribution is 2.33. The second kappa shape index (κ2) is 8.35. The summed E-state index contributed by atoms with van der Waals surface area (Å²) in [4.78, 5) is 8.96. The first kappa shape index (κ1) is 19.1. The number of hydrogen-bond donors (Lipinski definition) is 2. The number of nitrogens with zero attached hydrogens (tertiary/aromatic N) is 3. The van der Waals surface area contributed by atoms with Gasteiger partial charge in [-0.1, -0.05) is 6.07 Å². The van der Waals surface area contributed by atoms with Gasteiger partial charge in [-0.25, -0.2) is 4.39 Å². The van der Waals surface area contributed by atoms with Crippen LogP contribution in [0, 0.1) is 5.82 Å². The molecule has 0 bridgehead atoms. The molecule has 0 spiro atoms. The molecule has 1 aromatic rings. The lowest BCUT2D eigenvalue weighted by Gasteiger charge is -2.20. The van der Waals surface area contributed by atoms with E-state index < -0.39 is 0 Å². The number of guanidine groups is 1. The molecule has 2 atom stereocenters. The van der Waals surface area contributed by atoms with Crippen molar-refractivity contribution in [2.24, 2.45) is 4.99 Å². The molecule has 2 N–H and O–H groups in total. The lowest BCUT2D eigenvalue weighted by molar-refractivity contribution is 0.256. The van der Waals surface area contributed by atoms with Gasteiger partial charge in [-0.05, 0) is 58.0 Å². The zero-order valence-corrected chi connectivity index (χ0v) is 16.4. The zero-order valence-electron chi connectivity index (χ0n) is 16.4. The van der Waals surface area contributed by atoms with E-state index in [9.17, 15) is 4.39 Å². The molecule has 1 saturated carbocycles. The second-order valence-electron chi connectivity index (χ2n) is 7.94. The molecule has 3 rings (SSSR count). The van der Waals surface area contributed by atoms with E-state index in [0.29, 0.717) is 25.2 Å². The van der Waals surface area contributed by atoms with Gasteiger partial charge in [0.2, 0.25) is 0 Å². The van der Waals surface area contributed by atoms with Crippen LogP contribution in [0.4, 0.5) is 4.39 Å². The summed E-state index contributed by atoms with van der Waals surface area (Å²) >= 11 is 0. The Labute approximate surface area is 156 Å². The minimum absolute atomic E-state index is 0.148. The second-order valence-corrected chi connectivity index (χ2v) is 7.94. The molecule has 2 unspecified atom stereocenters. The summed E-state index contributed by atoms with van der Waals surface area (Å²) in [7, 11) is 5.70. The van der Waals surface area contributed by atoms with Gasteiger partial charge in [0.25, 0.3) is 0 Å². The highest BCUT2D eigenvalue weighted by atomic mass is 19.1. The van der Waals surface area contributed by atoms with Crippen molar-refractivity contribution in [1.82, 2.24) is 20.4 Å². The van der Waals surface area contributed by atoms with Crippen LogP contribution < -0.4 is 10.6 Å². The summed E-state index contributed by atoms with van der Waals surface area (Å²) in [5.41, 5.74) is 1.78. The summed E-state index contributed by atoms with van der Waals surface area (Å²) in [6.07, 6.45) is 3.86. The Bertz CT molecular complexity index is 641. The fraction of sp³-hybridized carbons (Fsp3) is 0.650. The Balaban J connectivity index is 1.53. The van der Waals surface area contributed by atoms with E-state index in [2.05, 4.69) is 27.4 Å². The van der Waals surface area contributed by atoms with Crippen LogP contribution in [0.3, 0.4) is 0 Å². The molecule has 0 aromatic heterocycles. The summed E-state index contributed by atoms with van der Waals surface area (Å²) in [6.45, 7) is 4.65. The average Bonchev–Trinajstić information content (AvgIpc) is 3.37. The molecule has 2 fully saturated rings. The highest BCUT2D eigenvalue weighted by Gasteiger charge is 2.38. The van der Waals surface area contributed by atoms with Crippen LogP contribution in [0.2, 0.25) is 0 Å². The van der Waals surface area contributed by atoms with Gasteiger partial charge in [-0.2, -0.15) is 0 Å². The van der Waals surface area contributed by atoms with Gasteiger partial charge in [-0.15, -0.1) is 0 Å². The van der Waals surface area contributed by atoms with Crippen LogP contribution in [0.15, 0.2) is 23.2 Å². The van der Waals surface area contributed by atoms with Crippen molar-refractivity contribution in [1.29, 1.82) is 0 Å². The van der Waals surface area contributed by atoms with Gasteiger partial charge in [0, 0.05) is 50.4 Å². The van der Waals surface area contributed by atoms with Crippen LogP contribution in [0.1, 0.15) is 37.3 Å². The lowest BCUT2D eigenvalue weighted by Crippen LogP contribution is -2.44. The van der Waals surface area contributed by atoms with E-state index >= 15 is 0 Å². The first-order chi connectivity index (χ1) is 12.5. The number of hydrogen-bond acceptors (Lipinski definition) is 3. The van der Waals surface area contributed by atoms with Crippen LogP contribution >= 0.6 is 0 Å². The van der Waals surface area contributed by atoms with Crippen molar-refractivity contribution in [3.05, 3.63) is 35.1 Å². The maximum Gasteiger partial charge on any atom is 0.191 e. The number of benzene rings is 1. The lowest BCUT2D eigenvalue weighted by atomic mass is 10.1. The van der Waals surface area contributed by atoms with Gasteiger partial charge < -0.3 is 15.5 Å². The molecule has 5 nitrogen and oxygen atoms in total. The van der Waals surface area contributed by atoms with Gasteiger partial charge >= 0.3 is 0 Å². The highest BCUT2D eigenvalue weighted by molar-refractivity contribution is 5.80. The third-order valence-electron chi connectivity index (χ3n) is 5.26. The summed E-state index contributed by atoms with van der Waals surface area (Å²) in [5.74, 6) is 0.670.